The van der Waals surface area contributed by atoms with Crippen LogP contribution in [0.5, 0.6) is 0 Å². The van der Waals surface area contributed by atoms with Crippen LogP contribution in [-0.2, 0) is 6.42 Å². The summed E-state index contributed by atoms with van der Waals surface area (Å²) in [6, 6.07) is 6.23. The van der Waals surface area contributed by atoms with Crippen LogP contribution in [0.25, 0.3) is 0 Å². The molecular weight excluding hydrogens is 259 g/mol. The van der Waals surface area contributed by atoms with Gasteiger partial charge >= 0.3 is 0 Å². The number of alkyl halides is 1. The second-order valence-corrected chi connectivity index (χ2v) is 5.46. The Balaban J connectivity index is 2.92. The third-order valence-corrected chi connectivity index (χ3v) is 4.36. The molecule has 0 unspecified atom stereocenters. The highest BCUT2D eigenvalue weighted by molar-refractivity contribution is 9.09. The second-order valence-electron chi connectivity index (χ2n) is 4.52. The normalized spacial score (nSPS) is 11.8. The molecule has 0 nitrogen and oxygen atoms in total. The van der Waals surface area contributed by atoms with Crippen molar-refractivity contribution in [3.63, 3.8) is 0 Å². The average Bonchev–Trinajstić information content (AvgIpc) is 2.13. The fourth-order valence-electron chi connectivity index (χ4n) is 1.41. The molecule has 14 heavy (non-hydrogen) atoms. The van der Waals surface area contributed by atoms with Crippen LogP contribution in [0, 0.1) is 12.3 Å². The topological polar surface area (TPSA) is 0 Å². The molecule has 0 fully saturated rings. The summed E-state index contributed by atoms with van der Waals surface area (Å²) in [6.45, 7) is 6.52. The van der Waals surface area contributed by atoms with Crippen LogP contribution in [0.1, 0.15) is 25.0 Å². The molecule has 0 aliphatic carbocycles. The molecule has 0 bridgehead atoms. The molecule has 0 spiro atoms. The number of halogens is 2. The van der Waals surface area contributed by atoms with Crippen LogP contribution >= 0.6 is 27.5 Å². The first-order chi connectivity index (χ1) is 6.46. The van der Waals surface area contributed by atoms with E-state index in [2.05, 4.69) is 41.9 Å². The number of rotatable bonds is 3. The molecule has 0 radical (unpaired) electrons. The summed E-state index contributed by atoms with van der Waals surface area (Å²) >= 11 is 9.77. The van der Waals surface area contributed by atoms with E-state index in [-0.39, 0.29) is 5.41 Å². The third-order valence-electron chi connectivity index (χ3n) is 2.30. The number of aryl methyl sites for hydroxylation is 1. The maximum Gasteiger partial charge on any atom is 0.0467 e. The molecule has 0 saturated heterocycles. The van der Waals surface area contributed by atoms with Gasteiger partial charge in [0.05, 0.1) is 0 Å². The van der Waals surface area contributed by atoms with E-state index in [1.54, 1.807) is 0 Å². The maximum atomic E-state index is 6.24. The third kappa shape index (κ3) is 2.99. The first-order valence-corrected chi connectivity index (χ1v) is 6.26. The number of benzene rings is 1. The monoisotopic (exact) mass is 274 g/mol. The van der Waals surface area contributed by atoms with E-state index in [0.29, 0.717) is 0 Å². The Morgan fingerprint density at radius 2 is 2.00 bits per heavy atom. The predicted octanol–water partition coefficient (Wildman–Crippen LogP) is 4.61. The minimum absolute atomic E-state index is 0.261. The highest BCUT2D eigenvalue weighted by atomic mass is 79.9. The molecule has 2 heteroatoms. The van der Waals surface area contributed by atoms with E-state index in [9.17, 15) is 0 Å². The maximum absolute atomic E-state index is 6.24. The van der Waals surface area contributed by atoms with Gasteiger partial charge in [0.2, 0.25) is 0 Å². The highest BCUT2D eigenvalue weighted by Crippen LogP contribution is 2.29. The van der Waals surface area contributed by atoms with Crippen molar-refractivity contribution in [3.8, 4) is 0 Å². The van der Waals surface area contributed by atoms with Crippen molar-refractivity contribution < 1.29 is 0 Å². The largest absolute Gasteiger partial charge is 0.0922 e. The smallest absolute Gasteiger partial charge is 0.0467 e. The van der Waals surface area contributed by atoms with E-state index in [1.807, 2.05) is 13.0 Å². The van der Waals surface area contributed by atoms with Crippen LogP contribution in [0.2, 0.25) is 5.02 Å². The lowest BCUT2D eigenvalue weighted by molar-refractivity contribution is 0.425. The zero-order valence-electron chi connectivity index (χ0n) is 8.90. The van der Waals surface area contributed by atoms with Crippen molar-refractivity contribution >= 4 is 27.5 Å². The molecule has 0 N–H and O–H groups in total. The molecule has 0 amide bonds. The Hall–Kier alpha value is -0.0100. The van der Waals surface area contributed by atoms with Crippen molar-refractivity contribution in [1.82, 2.24) is 0 Å². The summed E-state index contributed by atoms with van der Waals surface area (Å²) in [5.74, 6) is 0. The summed E-state index contributed by atoms with van der Waals surface area (Å²) in [7, 11) is 0. The van der Waals surface area contributed by atoms with Gasteiger partial charge in [-0.25, -0.2) is 0 Å². The number of hydrogen-bond donors (Lipinski definition) is 0. The van der Waals surface area contributed by atoms with Crippen molar-refractivity contribution in [2.24, 2.45) is 5.41 Å². The summed E-state index contributed by atoms with van der Waals surface area (Å²) in [5.41, 5.74) is 2.67. The minimum atomic E-state index is 0.261. The van der Waals surface area contributed by atoms with E-state index in [4.69, 9.17) is 11.6 Å². The Labute approximate surface area is 99.8 Å². The summed E-state index contributed by atoms with van der Waals surface area (Å²) in [4.78, 5) is 0. The summed E-state index contributed by atoms with van der Waals surface area (Å²) in [5, 5.41) is 1.91. The molecule has 1 rings (SSSR count). The SMILES string of the molecule is Cc1cccc(CC(C)(C)CBr)c1Cl. The summed E-state index contributed by atoms with van der Waals surface area (Å²) < 4.78 is 0. The van der Waals surface area contributed by atoms with E-state index < -0.39 is 0 Å². The van der Waals surface area contributed by atoms with Gasteiger partial charge in [-0.05, 0) is 29.9 Å². The average molecular weight is 276 g/mol. The van der Waals surface area contributed by atoms with Crippen LogP contribution in [-0.4, -0.2) is 5.33 Å². The first-order valence-electron chi connectivity index (χ1n) is 4.76. The lowest BCUT2D eigenvalue weighted by atomic mass is 9.87. The quantitative estimate of drug-likeness (QED) is 0.707. The molecule has 1 aromatic carbocycles. The van der Waals surface area contributed by atoms with Gasteiger partial charge in [-0.1, -0.05) is 59.6 Å². The molecule has 0 aromatic heterocycles. The molecule has 0 atom stereocenters. The Kier molecular flexibility index (Phi) is 4.03. The van der Waals surface area contributed by atoms with Crippen molar-refractivity contribution in [2.45, 2.75) is 27.2 Å². The number of hydrogen-bond acceptors (Lipinski definition) is 0. The second kappa shape index (κ2) is 4.67. The fraction of sp³-hybridized carbons (Fsp3) is 0.500. The van der Waals surface area contributed by atoms with Crippen LogP contribution < -0.4 is 0 Å². The molecule has 0 aliphatic heterocycles. The van der Waals surface area contributed by atoms with Crippen LogP contribution in [0.3, 0.4) is 0 Å². The van der Waals surface area contributed by atoms with Crippen LogP contribution in [0.15, 0.2) is 18.2 Å². The van der Waals surface area contributed by atoms with Gasteiger partial charge in [0.15, 0.2) is 0 Å². The van der Waals surface area contributed by atoms with Gasteiger partial charge in [0, 0.05) is 10.4 Å². The van der Waals surface area contributed by atoms with E-state index >= 15 is 0 Å². The Morgan fingerprint density at radius 1 is 1.36 bits per heavy atom. The van der Waals surface area contributed by atoms with Crippen molar-refractivity contribution in [1.29, 1.82) is 0 Å². The summed E-state index contributed by atoms with van der Waals surface area (Å²) in [6.07, 6.45) is 1.01. The van der Waals surface area contributed by atoms with Crippen LogP contribution in [0.4, 0.5) is 0 Å². The molecular formula is C12H16BrCl. The standard InChI is InChI=1S/C12H16BrCl/c1-9-5-4-6-10(11(9)14)7-12(2,3)8-13/h4-6H,7-8H2,1-3H3. The molecule has 78 valence electrons. The Bertz CT molecular complexity index is 318. The van der Waals surface area contributed by atoms with E-state index in [1.165, 1.54) is 5.56 Å². The van der Waals surface area contributed by atoms with Gasteiger partial charge in [0.1, 0.15) is 0 Å². The van der Waals surface area contributed by atoms with Crippen molar-refractivity contribution in [3.05, 3.63) is 34.3 Å². The van der Waals surface area contributed by atoms with Crippen molar-refractivity contribution in [2.75, 3.05) is 5.33 Å². The predicted molar refractivity (Wildman–Crippen MR) is 67.5 cm³/mol. The van der Waals surface area contributed by atoms with Gasteiger partial charge in [0.25, 0.3) is 0 Å². The Morgan fingerprint density at radius 3 is 2.57 bits per heavy atom. The zero-order valence-corrected chi connectivity index (χ0v) is 11.2. The minimum Gasteiger partial charge on any atom is -0.0922 e. The fourth-order valence-corrected chi connectivity index (χ4v) is 1.80. The van der Waals surface area contributed by atoms with Gasteiger partial charge in [-0.3, -0.25) is 0 Å². The van der Waals surface area contributed by atoms with Gasteiger partial charge in [-0.15, -0.1) is 0 Å². The molecule has 1 aromatic rings. The lowest BCUT2D eigenvalue weighted by Crippen LogP contribution is -2.16. The molecule has 0 saturated carbocycles. The zero-order chi connectivity index (χ0) is 10.8. The highest BCUT2D eigenvalue weighted by Gasteiger charge is 2.18. The van der Waals surface area contributed by atoms with Gasteiger partial charge in [-0.2, -0.15) is 0 Å². The lowest BCUT2D eigenvalue weighted by Gasteiger charge is -2.22. The molecule has 0 aliphatic rings. The van der Waals surface area contributed by atoms with Gasteiger partial charge < -0.3 is 0 Å². The van der Waals surface area contributed by atoms with E-state index in [0.717, 1.165) is 22.3 Å². The first kappa shape index (κ1) is 12.1. The molecule has 0 heterocycles.